The Morgan fingerprint density at radius 1 is 1.02 bits per heavy atom. The number of hydrogen-bond donors (Lipinski definition) is 0. The minimum atomic E-state index is -0.397. The highest BCUT2D eigenvalue weighted by Crippen LogP contribution is 2.41. The molecule has 0 N–H and O–H groups in total. The van der Waals surface area contributed by atoms with Crippen molar-refractivity contribution < 1.29 is 19.1 Å². The first kappa shape index (κ1) is 26.8. The fourth-order valence-corrected chi connectivity index (χ4v) is 6.80. The molecule has 2 amide bonds. The van der Waals surface area contributed by atoms with E-state index < -0.39 is 5.41 Å². The highest BCUT2D eigenvalue weighted by atomic mass is 16.5. The number of aryl methyl sites for hydroxylation is 2. The summed E-state index contributed by atoms with van der Waals surface area (Å²) in [4.78, 5) is 35.8. The Balaban J connectivity index is 1.08. The van der Waals surface area contributed by atoms with Crippen LogP contribution in [0.2, 0.25) is 0 Å². The van der Waals surface area contributed by atoms with Crippen molar-refractivity contribution >= 4 is 22.8 Å². The van der Waals surface area contributed by atoms with E-state index in [4.69, 9.17) is 9.47 Å². The van der Waals surface area contributed by atoms with Crippen molar-refractivity contribution in [1.29, 1.82) is 0 Å². The number of hydrogen-bond acceptors (Lipinski definition) is 5. The van der Waals surface area contributed by atoms with Gasteiger partial charge in [0.1, 0.15) is 31.4 Å². The van der Waals surface area contributed by atoms with Crippen LogP contribution in [0.1, 0.15) is 56.3 Å². The zero-order chi connectivity index (χ0) is 27.5. The second-order valence-electron chi connectivity index (χ2n) is 11.7. The van der Waals surface area contributed by atoms with Crippen LogP contribution in [0.15, 0.2) is 48.5 Å². The van der Waals surface area contributed by atoms with Gasteiger partial charge in [0, 0.05) is 26.7 Å². The minimum Gasteiger partial charge on any atom is -0.491 e. The summed E-state index contributed by atoms with van der Waals surface area (Å²) in [6, 6.07) is 16.4. The molecule has 3 aliphatic rings. The number of imidazole rings is 1. The number of rotatable bonds is 4. The Morgan fingerprint density at radius 3 is 2.67 bits per heavy atom. The number of carbonyl (C=O) groups excluding carboxylic acids is 2. The van der Waals surface area contributed by atoms with Gasteiger partial charge < -0.3 is 23.8 Å². The average molecular weight is 545 g/mol. The van der Waals surface area contributed by atoms with E-state index in [1.54, 1.807) is 0 Å². The molecule has 4 heterocycles. The molecule has 8 heteroatoms. The normalized spacial score (nSPS) is 21.4. The lowest BCUT2D eigenvalue weighted by Crippen LogP contribution is -2.53. The first-order valence-electron chi connectivity index (χ1n) is 14.8. The maximum atomic E-state index is 14.1. The zero-order valence-electron chi connectivity index (χ0n) is 23.5. The minimum absolute atomic E-state index is 0.0155. The highest BCUT2D eigenvalue weighted by molar-refractivity contribution is 5.84. The number of likely N-dealkylation sites (tertiary alicyclic amines) is 1. The summed E-state index contributed by atoms with van der Waals surface area (Å²) in [6.07, 6.45) is 7.28. The SMILES string of the molecule is Cn1c(COCC(=O)N2CCC3(CCCCc4ccccc4OC[C@@H]4CCCN4C3=O)CC2)nc2ccccc21. The van der Waals surface area contributed by atoms with Gasteiger partial charge in [-0.3, -0.25) is 9.59 Å². The average Bonchev–Trinajstić information content (AvgIpc) is 3.58. The van der Waals surface area contributed by atoms with E-state index in [9.17, 15) is 9.59 Å². The lowest BCUT2D eigenvalue weighted by molar-refractivity contribution is -0.151. The molecular formula is C32H40N4O4. The third-order valence-electron chi connectivity index (χ3n) is 9.26. The van der Waals surface area contributed by atoms with Crippen molar-refractivity contribution in [3.8, 4) is 5.75 Å². The van der Waals surface area contributed by atoms with Gasteiger partial charge in [0.2, 0.25) is 11.8 Å². The molecular weight excluding hydrogens is 504 g/mol. The van der Waals surface area contributed by atoms with Crippen LogP contribution in [0.3, 0.4) is 0 Å². The number of carbonyl (C=O) groups is 2. The van der Waals surface area contributed by atoms with Crippen LogP contribution < -0.4 is 4.74 Å². The first-order valence-corrected chi connectivity index (χ1v) is 14.8. The van der Waals surface area contributed by atoms with Gasteiger partial charge in [-0.1, -0.05) is 36.8 Å². The molecule has 40 heavy (non-hydrogen) atoms. The Kier molecular flexibility index (Phi) is 7.78. The molecule has 2 saturated heterocycles. The van der Waals surface area contributed by atoms with Crippen molar-refractivity contribution in [3.63, 3.8) is 0 Å². The number of aromatic nitrogens is 2. The molecule has 3 aromatic rings. The maximum Gasteiger partial charge on any atom is 0.248 e. The first-order chi connectivity index (χ1) is 19.5. The zero-order valence-corrected chi connectivity index (χ0v) is 23.5. The molecule has 2 aromatic carbocycles. The maximum absolute atomic E-state index is 14.1. The van der Waals surface area contributed by atoms with E-state index in [2.05, 4.69) is 28.1 Å². The third kappa shape index (κ3) is 5.33. The monoisotopic (exact) mass is 544 g/mol. The lowest BCUT2D eigenvalue weighted by atomic mass is 9.73. The van der Waals surface area contributed by atoms with Gasteiger partial charge in [0.05, 0.1) is 22.5 Å². The topological polar surface area (TPSA) is 76.9 Å². The number of fused-ring (bicyclic) bond motifs is 3. The van der Waals surface area contributed by atoms with Crippen molar-refractivity contribution in [2.75, 3.05) is 32.8 Å². The number of amides is 2. The van der Waals surface area contributed by atoms with E-state index in [1.807, 2.05) is 46.8 Å². The summed E-state index contributed by atoms with van der Waals surface area (Å²) in [7, 11) is 1.97. The predicted octanol–water partition coefficient (Wildman–Crippen LogP) is 4.50. The van der Waals surface area contributed by atoms with E-state index in [1.165, 1.54) is 5.56 Å². The molecule has 6 rings (SSSR count). The second-order valence-corrected chi connectivity index (χ2v) is 11.7. The summed E-state index contributed by atoms with van der Waals surface area (Å²) < 4.78 is 14.1. The second kappa shape index (κ2) is 11.6. The fourth-order valence-electron chi connectivity index (χ4n) is 6.80. The van der Waals surface area contributed by atoms with Crippen LogP contribution in [0.4, 0.5) is 0 Å². The summed E-state index contributed by atoms with van der Waals surface area (Å²) >= 11 is 0. The molecule has 3 aliphatic heterocycles. The van der Waals surface area contributed by atoms with E-state index in [0.29, 0.717) is 32.5 Å². The number of piperidine rings is 1. The third-order valence-corrected chi connectivity index (χ3v) is 9.26. The van der Waals surface area contributed by atoms with Crippen molar-refractivity contribution in [2.24, 2.45) is 12.5 Å². The van der Waals surface area contributed by atoms with Gasteiger partial charge in [-0.2, -0.15) is 0 Å². The van der Waals surface area contributed by atoms with Gasteiger partial charge in [0.15, 0.2) is 0 Å². The van der Waals surface area contributed by atoms with Crippen LogP contribution in [-0.2, 0) is 34.4 Å². The molecule has 0 radical (unpaired) electrons. The molecule has 2 fully saturated rings. The van der Waals surface area contributed by atoms with Crippen LogP contribution in [0.5, 0.6) is 5.75 Å². The van der Waals surface area contributed by atoms with Crippen LogP contribution in [0.25, 0.3) is 11.0 Å². The highest BCUT2D eigenvalue weighted by Gasteiger charge is 2.46. The molecule has 212 valence electrons. The van der Waals surface area contributed by atoms with Gasteiger partial charge in [-0.05, 0) is 68.7 Å². The Hall–Kier alpha value is -3.39. The van der Waals surface area contributed by atoms with E-state index >= 15 is 0 Å². The van der Waals surface area contributed by atoms with Gasteiger partial charge in [0.25, 0.3) is 0 Å². The molecule has 0 unspecified atom stereocenters. The number of ether oxygens (including phenoxy) is 2. The van der Waals surface area contributed by atoms with Crippen molar-refractivity contribution in [2.45, 2.75) is 64.0 Å². The van der Waals surface area contributed by atoms with Crippen molar-refractivity contribution in [1.82, 2.24) is 19.4 Å². The molecule has 1 aromatic heterocycles. The molecule has 0 saturated carbocycles. The smallest absolute Gasteiger partial charge is 0.248 e. The summed E-state index contributed by atoms with van der Waals surface area (Å²) in [5, 5.41) is 0. The van der Waals surface area contributed by atoms with Crippen LogP contribution >= 0.6 is 0 Å². The van der Waals surface area contributed by atoms with E-state index in [0.717, 1.165) is 67.7 Å². The van der Waals surface area contributed by atoms with Crippen LogP contribution in [0, 0.1) is 5.41 Å². The summed E-state index contributed by atoms with van der Waals surface area (Å²) in [6.45, 7) is 2.85. The number of nitrogens with zero attached hydrogens (tertiary/aromatic N) is 4. The Bertz CT molecular complexity index is 1360. The fraction of sp³-hybridized carbons (Fsp3) is 0.531. The quantitative estimate of drug-likeness (QED) is 0.484. The largest absolute Gasteiger partial charge is 0.491 e. The molecule has 0 aliphatic carbocycles. The summed E-state index contributed by atoms with van der Waals surface area (Å²) in [5.74, 6) is 2.02. The standard InChI is InChI=1S/C32H40N4O4/c1-34-27-13-4-3-12-26(27)33-29(34)22-39-23-30(37)35-19-16-32(17-20-35)15-7-6-10-24-9-2-5-14-28(24)40-21-25-11-8-18-36(25)31(32)38/h2-5,9,12-14,25H,6-8,10-11,15-23H2,1H3/t25-/m0/s1. The molecule has 1 atom stereocenters. The number of benzene rings is 2. The molecule has 8 nitrogen and oxygen atoms in total. The Morgan fingerprint density at radius 2 is 1.82 bits per heavy atom. The van der Waals surface area contributed by atoms with E-state index in [-0.39, 0.29) is 31.1 Å². The molecule has 0 bridgehead atoms. The molecule has 1 spiro atoms. The Labute approximate surface area is 236 Å². The van der Waals surface area contributed by atoms with Crippen LogP contribution in [-0.4, -0.2) is 70.1 Å². The van der Waals surface area contributed by atoms with Crippen molar-refractivity contribution in [3.05, 3.63) is 59.9 Å². The number of para-hydroxylation sites is 3. The van der Waals surface area contributed by atoms with Gasteiger partial charge in [-0.15, -0.1) is 0 Å². The predicted molar refractivity (Wildman–Crippen MR) is 153 cm³/mol. The summed E-state index contributed by atoms with van der Waals surface area (Å²) in [5.41, 5.74) is 2.83. The van der Waals surface area contributed by atoms with Gasteiger partial charge in [-0.25, -0.2) is 4.98 Å². The lowest BCUT2D eigenvalue weighted by Gasteiger charge is -2.44. The van der Waals surface area contributed by atoms with Gasteiger partial charge >= 0.3 is 0 Å².